The number of ether oxygens (including phenoxy) is 2. The summed E-state index contributed by atoms with van der Waals surface area (Å²) in [6.45, 7) is 1.90. The van der Waals surface area contributed by atoms with E-state index in [2.05, 4.69) is 15.3 Å². The molecular weight excluding hydrogens is 410 g/mol. The first kappa shape index (κ1) is 22.4. The number of hydrogen-bond donors (Lipinski definition) is 1. The second kappa shape index (κ2) is 9.77. The lowest BCUT2D eigenvalue weighted by atomic mass is 9.95. The highest BCUT2D eigenvalue weighted by molar-refractivity contribution is 5.94. The summed E-state index contributed by atoms with van der Waals surface area (Å²) in [4.78, 5) is 27.5. The van der Waals surface area contributed by atoms with E-state index >= 15 is 0 Å². The minimum Gasteiger partial charge on any atom is -0.497 e. The van der Waals surface area contributed by atoms with Crippen molar-refractivity contribution >= 4 is 11.6 Å². The van der Waals surface area contributed by atoms with Crippen LogP contribution in [0.1, 0.15) is 56.3 Å². The van der Waals surface area contributed by atoms with Crippen LogP contribution in [-0.4, -0.2) is 59.0 Å². The van der Waals surface area contributed by atoms with Crippen molar-refractivity contribution in [3.05, 3.63) is 34.5 Å². The molecule has 0 atom stereocenters. The topological polar surface area (TPSA) is 90.6 Å². The van der Waals surface area contributed by atoms with Gasteiger partial charge in [-0.25, -0.2) is 9.48 Å². The summed E-state index contributed by atoms with van der Waals surface area (Å²) in [6.07, 6.45) is 6.25. The standard InChI is InChI=1S/C23H33N5O4/c1-26-23(30)28(17-6-4-5-7-17)22(25-26)16-10-12-27(13-11-16)15-21(29)24-19-14-18(31-2)8-9-20(19)32-3/h8-9,14,16-17H,4-7,10-13,15H2,1-3H3,(H,24,29). The van der Waals surface area contributed by atoms with Gasteiger partial charge in [0, 0.05) is 25.1 Å². The minimum atomic E-state index is -0.0873. The number of piperidine rings is 1. The Labute approximate surface area is 188 Å². The van der Waals surface area contributed by atoms with Crippen LogP contribution in [0.3, 0.4) is 0 Å². The predicted octanol–water partition coefficient (Wildman–Crippen LogP) is 2.53. The summed E-state index contributed by atoms with van der Waals surface area (Å²) in [6, 6.07) is 5.61. The number of carbonyl (C=O) groups excluding carboxylic acids is 1. The molecule has 1 aliphatic carbocycles. The van der Waals surface area contributed by atoms with Crippen LogP contribution >= 0.6 is 0 Å². The molecule has 1 N–H and O–H groups in total. The highest BCUT2D eigenvalue weighted by atomic mass is 16.5. The molecule has 0 radical (unpaired) electrons. The molecule has 1 saturated carbocycles. The maximum Gasteiger partial charge on any atom is 0.345 e. The lowest BCUT2D eigenvalue weighted by Crippen LogP contribution is -2.39. The van der Waals surface area contributed by atoms with E-state index in [9.17, 15) is 9.59 Å². The molecule has 0 unspecified atom stereocenters. The first-order chi connectivity index (χ1) is 15.5. The largest absolute Gasteiger partial charge is 0.497 e. The highest BCUT2D eigenvalue weighted by Crippen LogP contribution is 2.33. The summed E-state index contributed by atoms with van der Waals surface area (Å²) < 4.78 is 14.0. The van der Waals surface area contributed by atoms with Crippen molar-refractivity contribution in [2.24, 2.45) is 7.05 Å². The molecule has 4 rings (SSSR count). The van der Waals surface area contributed by atoms with Crippen molar-refractivity contribution in [3.63, 3.8) is 0 Å². The van der Waals surface area contributed by atoms with Crippen molar-refractivity contribution in [2.75, 3.05) is 39.2 Å². The number of carbonyl (C=O) groups is 1. The van der Waals surface area contributed by atoms with Gasteiger partial charge in [0.15, 0.2) is 0 Å². The van der Waals surface area contributed by atoms with Gasteiger partial charge in [0.2, 0.25) is 5.91 Å². The van der Waals surface area contributed by atoms with Gasteiger partial charge >= 0.3 is 5.69 Å². The minimum absolute atomic E-state index is 0.000874. The van der Waals surface area contributed by atoms with Crippen LogP contribution in [0.25, 0.3) is 0 Å². The number of likely N-dealkylation sites (tertiary alicyclic amines) is 1. The Kier molecular flexibility index (Phi) is 6.83. The van der Waals surface area contributed by atoms with Gasteiger partial charge in [-0.05, 0) is 50.9 Å². The molecule has 1 saturated heterocycles. The summed E-state index contributed by atoms with van der Waals surface area (Å²) in [5.74, 6) is 2.34. The number of hydrogen-bond acceptors (Lipinski definition) is 6. The zero-order valence-electron chi connectivity index (χ0n) is 19.2. The van der Waals surface area contributed by atoms with Gasteiger partial charge in [-0.15, -0.1) is 0 Å². The lowest BCUT2D eigenvalue weighted by molar-refractivity contribution is -0.117. The molecule has 32 heavy (non-hydrogen) atoms. The van der Waals surface area contributed by atoms with E-state index in [0.29, 0.717) is 23.7 Å². The van der Waals surface area contributed by atoms with Crippen molar-refractivity contribution in [1.82, 2.24) is 19.2 Å². The molecule has 2 heterocycles. The number of nitrogens with zero attached hydrogens (tertiary/aromatic N) is 4. The Bertz CT molecular complexity index is 1000. The molecule has 174 valence electrons. The second-order valence-corrected chi connectivity index (χ2v) is 8.74. The molecule has 9 nitrogen and oxygen atoms in total. The zero-order valence-corrected chi connectivity index (χ0v) is 19.2. The molecule has 2 fully saturated rings. The van der Waals surface area contributed by atoms with Crippen LogP contribution in [0.2, 0.25) is 0 Å². The van der Waals surface area contributed by atoms with Gasteiger partial charge in [0.1, 0.15) is 17.3 Å². The van der Waals surface area contributed by atoms with Crippen LogP contribution in [0.15, 0.2) is 23.0 Å². The van der Waals surface area contributed by atoms with E-state index in [-0.39, 0.29) is 23.6 Å². The first-order valence-corrected chi connectivity index (χ1v) is 11.4. The summed E-state index contributed by atoms with van der Waals surface area (Å²) in [5, 5.41) is 7.54. The van der Waals surface area contributed by atoms with E-state index in [0.717, 1.165) is 44.6 Å². The third kappa shape index (κ3) is 4.67. The molecule has 1 aliphatic heterocycles. The number of aryl methyl sites for hydroxylation is 1. The molecule has 1 amide bonds. The SMILES string of the molecule is COc1ccc(OC)c(NC(=O)CN2CCC(c3nn(C)c(=O)n3C3CCCC3)CC2)c1. The van der Waals surface area contributed by atoms with Crippen molar-refractivity contribution in [2.45, 2.75) is 50.5 Å². The first-order valence-electron chi connectivity index (χ1n) is 11.4. The zero-order chi connectivity index (χ0) is 22.7. The van der Waals surface area contributed by atoms with Crippen LogP contribution in [-0.2, 0) is 11.8 Å². The maximum absolute atomic E-state index is 12.7. The predicted molar refractivity (Wildman–Crippen MR) is 122 cm³/mol. The fourth-order valence-corrected chi connectivity index (χ4v) is 4.94. The number of benzene rings is 1. The quantitative estimate of drug-likeness (QED) is 0.707. The van der Waals surface area contributed by atoms with Gasteiger partial charge in [-0.1, -0.05) is 12.8 Å². The molecular formula is C23H33N5O4. The molecule has 1 aromatic carbocycles. The Morgan fingerprint density at radius 1 is 1.12 bits per heavy atom. The van der Waals surface area contributed by atoms with E-state index in [1.165, 1.54) is 17.5 Å². The normalized spacial score (nSPS) is 18.1. The molecule has 0 spiro atoms. The number of aromatic nitrogens is 3. The Morgan fingerprint density at radius 2 is 1.84 bits per heavy atom. The van der Waals surface area contributed by atoms with Gasteiger partial charge in [-0.2, -0.15) is 5.10 Å². The molecule has 2 aromatic rings. The van der Waals surface area contributed by atoms with Crippen molar-refractivity contribution in [1.29, 1.82) is 0 Å². The van der Waals surface area contributed by atoms with Crippen LogP contribution < -0.4 is 20.5 Å². The van der Waals surface area contributed by atoms with Crippen LogP contribution in [0.4, 0.5) is 5.69 Å². The fraction of sp³-hybridized carbons (Fsp3) is 0.609. The monoisotopic (exact) mass is 443 g/mol. The molecule has 2 aliphatic rings. The number of anilines is 1. The van der Waals surface area contributed by atoms with E-state index in [4.69, 9.17) is 9.47 Å². The number of methoxy groups -OCH3 is 2. The van der Waals surface area contributed by atoms with Crippen LogP contribution in [0, 0.1) is 0 Å². The van der Waals surface area contributed by atoms with Gasteiger partial charge in [0.05, 0.1) is 26.5 Å². The lowest BCUT2D eigenvalue weighted by Gasteiger charge is -2.31. The Hall–Kier alpha value is -2.81. The third-order valence-corrected chi connectivity index (χ3v) is 6.67. The average Bonchev–Trinajstić information content (AvgIpc) is 3.42. The smallest absolute Gasteiger partial charge is 0.345 e. The van der Waals surface area contributed by atoms with Crippen molar-refractivity contribution < 1.29 is 14.3 Å². The average molecular weight is 444 g/mol. The fourth-order valence-electron chi connectivity index (χ4n) is 4.94. The van der Waals surface area contributed by atoms with E-state index in [1.54, 1.807) is 39.5 Å². The van der Waals surface area contributed by atoms with Gasteiger partial charge in [-0.3, -0.25) is 14.3 Å². The number of nitrogens with one attached hydrogen (secondary N) is 1. The summed E-state index contributed by atoms with van der Waals surface area (Å²) in [7, 11) is 4.90. The maximum atomic E-state index is 12.7. The van der Waals surface area contributed by atoms with E-state index < -0.39 is 0 Å². The molecule has 1 aromatic heterocycles. The summed E-state index contributed by atoms with van der Waals surface area (Å²) in [5.41, 5.74) is 0.599. The third-order valence-electron chi connectivity index (χ3n) is 6.67. The van der Waals surface area contributed by atoms with Gasteiger partial charge in [0.25, 0.3) is 0 Å². The second-order valence-electron chi connectivity index (χ2n) is 8.74. The number of amides is 1. The molecule has 9 heteroatoms. The van der Waals surface area contributed by atoms with Gasteiger partial charge < -0.3 is 14.8 Å². The van der Waals surface area contributed by atoms with Crippen molar-refractivity contribution in [3.8, 4) is 11.5 Å². The van der Waals surface area contributed by atoms with E-state index in [1.807, 2.05) is 4.57 Å². The Morgan fingerprint density at radius 3 is 2.50 bits per heavy atom. The van der Waals surface area contributed by atoms with Crippen LogP contribution in [0.5, 0.6) is 11.5 Å². The summed E-state index contributed by atoms with van der Waals surface area (Å²) >= 11 is 0. The number of rotatable bonds is 7. The highest BCUT2D eigenvalue weighted by Gasteiger charge is 2.30. The molecule has 0 bridgehead atoms. The Balaban J connectivity index is 1.36.